The minimum Gasteiger partial charge on any atom is -0.463 e. The first-order valence-electron chi connectivity index (χ1n) is 7.23. The lowest BCUT2D eigenvalue weighted by atomic mass is 9.98. The molecule has 0 aliphatic rings. The van der Waals surface area contributed by atoms with Gasteiger partial charge in [0.25, 0.3) is 0 Å². The lowest BCUT2D eigenvalue weighted by molar-refractivity contribution is -0.137. The van der Waals surface area contributed by atoms with E-state index in [0.29, 0.717) is 6.61 Å². The number of hydrogen-bond donors (Lipinski definition) is 1. The molecule has 0 fully saturated rings. The second-order valence-electron chi connectivity index (χ2n) is 4.83. The highest BCUT2D eigenvalue weighted by Crippen LogP contribution is 2.17. The second kappa shape index (κ2) is 9.32. The van der Waals surface area contributed by atoms with Crippen LogP contribution in [0.4, 0.5) is 0 Å². The van der Waals surface area contributed by atoms with E-state index in [1.54, 1.807) is 0 Å². The molecule has 0 saturated heterocycles. The van der Waals surface area contributed by atoms with Gasteiger partial charge in [-0.05, 0) is 49.0 Å². The molecule has 110 valence electrons. The van der Waals surface area contributed by atoms with Gasteiger partial charge in [-0.3, -0.25) is 0 Å². The summed E-state index contributed by atoms with van der Waals surface area (Å²) in [5.41, 5.74) is 3.32. The highest BCUT2D eigenvalue weighted by Gasteiger charge is 2.04. The first-order chi connectivity index (χ1) is 9.69. The number of carbonyl (C=O) groups is 1. The largest absolute Gasteiger partial charge is 0.463 e. The second-order valence-corrected chi connectivity index (χ2v) is 4.83. The van der Waals surface area contributed by atoms with Crippen LogP contribution in [-0.2, 0) is 16.0 Å². The van der Waals surface area contributed by atoms with Crippen LogP contribution in [0.3, 0.4) is 0 Å². The molecule has 0 bridgehead atoms. The Hall–Kier alpha value is -1.61. The van der Waals surface area contributed by atoms with Crippen LogP contribution in [0.25, 0.3) is 6.08 Å². The molecule has 3 nitrogen and oxygen atoms in total. The fourth-order valence-corrected chi connectivity index (χ4v) is 1.98. The van der Waals surface area contributed by atoms with Crippen LogP contribution >= 0.6 is 0 Å². The van der Waals surface area contributed by atoms with Gasteiger partial charge < -0.3 is 9.84 Å². The van der Waals surface area contributed by atoms with Crippen LogP contribution in [0.15, 0.2) is 24.3 Å². The highest BCUT2D eigenvalue weighted by molar-refractivity contribution is 5.87. The summed E-state index contributed by atoms with van der Waals surface area (Å²) < 4.78 is 5.10. The number of esters is 1. The predicted molar refractivity (Wildman–Crippen MR) is 81.5 cm³/mol. The highest BCUT2D eigenvalue weighted by atomic mass is 16.5. The third kappa shape index (κ3) is 5.57. The summed E-state index contributed by atoms with van der Waals surface area (Å²) in [6.07, 6.45) is 6.75. The molecule has 1 aromatic rings. The van der Waals surface area contributed by atoms with E-state index in [1.807, 2.05) is 31.2 Å². The Bertz CT molecular complexity index is 450. The van der Waals surface area contributed by atoms with Crippen LogP contribution in [0.2, 0.25) is 0 Å². The summed E-state index contributed by atoms with van der Waals surface area (Å²) in [4.78, 5) is 11.6. The molecule has 0 heterocycles. The maximum atomic E-state index is 11.6. The van der Waals surface area contributed by atoms with E-state index in [4.69, 9.17) is 9.84 Å². The normalized spacial score (nSPS) is 10.9. The molecular weight excluding hydrogens is 252 g/mol. The third-order valence-corrected chi connectivity index (χ3v) is 3.15. The number of ether oxygens (including phenoxy) is 1. The number of unbranched alkanes of at least 4 members (excludes halogenated alkanes) is 1. The number of hydrogen-bond acceptors (Lipinski definition) is 3. The Morgan fingerprint density at radius 2 is 2.15 bits per heavy atom. The van der Waals surface area contributed by atoms with E-state index in [2.05, 4.69) is 6.92 Å². The van der Waals surface area contributed by atoms with E-state index in [9.17, 15) is 4.79 Å². The van der Waals surface area contributed by atoms with E-state index >= 15 is 0 Å². The molecule has 3 heteroatoms. The topological polar surface area (TPSA) is 46.5 Å². The maximum absolute atomic E-state index is 11.6. The van der Waals surface area contributed by atoms with Crippen molar-refractivity contribution in [2.24, 2.45) is 0 Å². The summed E-state index contributed by atoms with van der Waals surface area (Å²) in [6, 6.07) is 6.05. The predicted octanol–water partition coefficient (Wildman–Crippen LogP) is 3.28. The van der Waals surface area contributed by atoms with Crippen molar-refractivity contribution in [3.05, 3.63) is 41.0 Å². The van der Waals surface area contributed by atoms with Gasteiger partial charge in [0.1, 0.15) is 0 Å². The summed E-state index contributed by atoms with van der Waals surface area (Å²) in [7, 11) is 0. The quantitative estimate of drug-likeness (QED) is 0.450. The first-order valence-corrected chi connectivity index (χ1v) is 7.23. The van der Waals surface area contributed by atoms with Crippen molar-refractivity contribution in [1.82, 2.24) is 0 Å². The van der Waals surface area contributed by atoms with Gasteiger partial charge >= 0.3 is 5.97 Å². The number of aryl methyl sites for hydroxylation is 2. The van der Waals surface area contributed by atoms with E-state index in [0.717, 1.165) is 42.4 Å². The molecule has 20 heavy (non-hydrogen) atoms. The molecule has 0 unspecified atom stereocenters. The van der Waals surface area contributed by atoms with E-state index < -0.39 is 0 Å². The number of rotatable bonds is 8. The molecule has 0 spiro atoms. The van der Waals surface area contributed by atoms with Crippen molar-refractivity contribution >= 4 is 12.0 Å². The lowest BCUT2D eigenvalue weighted by Crippen LogP contribution is -2.02. The standard InChI is InChI=1S/C17H24O3/c1-3-4-13-20-17(19)11-10-16-14(2)7-5-8-15(16)9-6-12-18/h5,7-8,10-11,18H,3-4,6,9,12-13H2,1-2H3/b11-10+. The van der Waals surface area contributed by atoms with Gasteiger partial charge in [-0.25, -0.2) is 4.79 Å². The monoisotopic (exact) mass is 276 g/mol. The number of aliphatic hydroxyl groups excluding tert-OH is 1. The smallest absolute Gasteiger partial charge is 0.330 e. The van der Waals surface area contributed by atoms with Crippen molar-refractivity contribution in [1.29, 1.82) is 0 Å². The van der Waals surface area contributed by atoms with Crippen molar-refractivity contribution in [3.8, 4) is 0 Å². The molecule has 0 saturated carbocycles. The van der Waals surface area contributed by atoms with Gasteiger partial charge in [0.2, 0.25) is 0 Å². The zero-order valence-corrected chi connectivity index (χ0v) is 12.4. The molecule has 0 aromatic heterocycles. The summed E-state index contributed by atoms with van der Waals surface area (Å²) in [5, 5.41) is 8.93. The Morgan fingerprint density at radius 3 is 2.85 bits per heavy atom. The van der Waals surface area contributed by atoms with Gasteiger partial charge in [-0.1, -0.05) is 31.5 Å². The van der Waals surface area contributed by atoms with E-state index in [1.165, 1.54) is 6.08 Å². The average Bonchev–Trinajstić information content (AvgIpc) is 2.44. The van der Waals surface area contributed by atoms with Crippen molar-refractivity contribution < 1.29 is 14.6 Å². The fraction of sp³-hybridized carbons (Fsp3) is 0.471. The van der Waals surface area contributed by atoms with Crippen LogP contribution < -0.4 is 0 Å². The summed E-state index contributed by atoms with van der Waals surface area (Å²) >= 11 is 0. The molecule has 0 aliphatic carbocycles. The Balaban J connectivity index is 2.72. The van der Waals surface area contributed by atoms with Gasteiger partial charge in [-0.15, -0.1) is 0 Å². The maximum Gasteiger partial charge on any atom is 0.330 e. The van der Waals surface area contributed by atoms with Gasteiger partial charge in [0.15, 0.2) is 0 Å². The molecule has 0 aliphatic heterocycles. The molecule has 1 N–H and O–H groups in total. The minimum atomic E-state index is -0.296. The molecule has 0 radical (unpaired) electrons. The molecule has 0 atom stereocenters. The molecule has 1 rings (SSSR count). The Morgan fingerprint density at radius 1 is 1.35 bits per heavy atom. The van der Waals surface area contributed by atoms with Crippen LogP contribution in [0.5, 0.6) is 0 Å². The first kappa shape index (κ1) is 16.4. The Kier molecular flexibility index (Phi) is 7.66. The van der Waals surface area contributed by atoms with Crippen LogP contribution in [-0.4, -0.2) is 24.3 Å². The molecule has 1 aromatic carbocycles. The summed E-state index contributed by atoms with van der Waals surface area (Å²) in [5.74, 6) is -0.296. The molecular formula is C17H24O3. The Labute approximate surface area is 121 Å². The van der Waals surface area contributed by atoms with Crippen molar-refractivity contribution in [3.63, 3.8) is 0 Å². The SMILES string of the molecule is CCCCOC(=O)/C=C/c1c(C)cccc1CCCO. The van der Waals surface area contributed by atoms with Gasteiger partial charge in [0.05, 0.1) is 6.61 Å². The fourth-order valence-electron chi connectivity index (χ4n) is 1.98. The van der Waals surface area contributed by atoms with E-state index in [-0.39, 0.29) is 12.6 Å². The van der Waals surface area contributed by atoms with Crippen LogP contribution in [0.1, 0.15) is 42.9 Å². The number of benzene rings is 1. The molecule has 0 amide bonds. The van der Waals surface area contributed by atoms with Gasteiger partial charge in [0, 0.05) is 12.7 Å². The van der Waals surface area contributed by atoms with Crippen LogP contribution in [0, 0.1) is 6.92 Å². The lowest BCUT2D eigenvalue weighted by Gasteiger charge is -2.08. The van der Waals surface area contributed by atoms with Gasteiger partial charge in [-0.2, -0.15) is 0 Å². The summed E-state index contributed by atoms with van der Waals surface area (Å²) in [6.45, 7) is 4.73. The number of aliphatic hydroxyl groups is 1. The third-order valence-electron chi connectivity index (χ3n) is 3.15. The zero-order chi connectivity index (χ0) is 14.8. The van der Waals surface area contributed by atoms with Crippen molar-refractivity contribution in [2.45, 2.75) is 39.5 Å². The zero-order valence-electron chi connectivity index (χ0n) is 12.4. The number of carbonyl (C=O) groups excluding carboxylic acids is 1. The average molecular weight is 276 g/mol. The minimum absolute atomic E-state index is 0.177. The van der Waals surface area contributed by atoms with Crippen molar-refractivity contribution in [2.75, 3.05) is 13.2 Å².